The molecule has 6 aromatic rings. The first-order valence-electron chi connectivity index (χ1n) is 19.3. The number of aryl methyl sites for hydroxylation is 2. The number of amides is 2. The Morgan fingerprint density at radius 1 is 0.645 bits per heavy atom. The number of hydrogen-bond acceptors (Lipinski definition) is 11. The van der Waals surface area contributed by atoms with E-state index in [1.165, 1.54) is 37.4 Å². The summed E-state index contributed by atoms with van der Waals surface area (Å²) in [5.74, 6) is -0.315. The van der Waals surface area contributed by atoms with Gasteiger partial charge in [-0.25, -0.2) is 43.5 Å². The number of hydrogen-bond donors (Lipinski definition) is 3. The summed E-state index contributed by atoms with van der Waals surface area (Å²) in [4.78, 5) is 44.5. The zero-order chi connectivity index (χ0) is 42.8. The van der Waals surface area contributed by atoms with Gasteiger partial charge in [-0.15, -0.1) is 0 Å². The van der Waals surface area contributed by atoms with Crippen LogP contribution in [0.2, 0.25) is 10.3 Å². The molecule has 4 aromatic heterocycles. The number of nitrogens with two attached hydrogens (primary N) is 1. The molecule has 2 amide bonds. The monoisotopic (exact) mass is 886 g/mol. The van der Waals surface area contributed by atoms with Crippen molar-refractivity contribution in [3.05, 3.63) is 119 Å². The molecule has 4 N–H and O–H groups in total. The van der Waals surface area contributed by atoms with Gasteiger partial charge in [0.15, 0.2) is 0 Å². The van der Waals surface area contributed by atoms with E-state index >= 15 is 0 Å². The zero-order valence-corrected chi connectivity index (χ0v) is 35.3. The number of aromatic nitrogens is 6. The van der Waals surface area contributed by atoms with Gasteiger partial charge in [-0.1, -0.05) is 38.1 Å². The standard InChI is InChI=1S/C22H22ClFN6O.C16H12ClFN4.C5H12N2.2CH4/c1-14-11-16(12-19(23)26-14)18-13-25-21(27-20(18)15-3-5-17(24)6-4-15)28-22(31)30-9-7-29(2)8-10-30;1-9-6-11(7-14(17)21-9)13-8-20-16(19)22-15(13)10-2-4-12(18)5-3-10;1-7-4-2-6-3-5-7;;/h3-6,11-13H,7-10H2,1-2H3,(H,25,27,28,31);2-8H,1H3,(H2,19,20,22);6H,2-5H2,1H3;2*1H4. The highest BCUT2D eigenvalue weighted by atomic mass is 35.5. The number of benzene rings is 2. The maximum Gasteiger partial charge on any atom is 0.324 e. The van der Waals surface area contributed by atoms with Gasteiger partial charge in [0.25, 0.3) is 0 Å². The average molecular weight is 888 g/mol. The molecule has 13 nitrogen and oxygen atoms in total. The summed E-state index contributed by atoms with van der Waals surface area (Å²) in [6, 6.07) is 19.0. The van der Waals surface area contributed by atoms with Gasteiger partial charge in [0.05, 0.1) is 11.4 Å². The van der Waals surface area contributed by atoms with Crippen LogP contribution in [0.25, 0.3) is 44.8 Å². The molecule has 0 saturated carbocycles. The molecular formula is C45H54Cl2F2N12O. The first-order valence-corrected chi connectivity index (χ1v) is 20.0. The van der Waals surface area contributed by atoms with E-state index < -0.39 is 0 Å². The molecule has 17 heteroatoms. The minimum atomic E-state index is -0.342. The molecule has 8 rings (SSSR count). The van der Waals surface area contributed by atoms with E-state index in [2.05, 4.69) is 57.4 Å². The Hall–Kier alpha value is -5.71. The largest absolute Gasteiger partial charge is 0.368 e. The van der Waals surface area contributed by atoms with Crippen LogP contribution in [-0.2, 0) is 0 Å². The summed E-state index contributed by atoms with van der Waals surface area (Å²) in [5, 5.41) is 6.80. The highest BCUT2D eigenvalue weighted by molar-refractivity contribution is 6.30. The van der Waals surface area contributed by atoms with Gasteiger partial charge in [0, 0.05) is 98.4 Å². The quantitative estimate of drug-likeness (QED) is 0.142. The lowest BCUT2D eigenvalue weighted by Crippen LogP contribution is -2.48. The van der Waals surface area contributed by atoms with E-state index in [1.807, 2.05) is 33.0 Å². The Labute approximate surface area is 372 Å². The number of anilines is 2. The Morgan fingerprint density at radius 2 is 1.10 bits per heavy atom. The van der Waals surface area contributed by atoms with Gasteiger partial charge in [-0.3, -0.25) is 5.32 Å². The Balaban J connectivity index is 0.000000237. The van der Waals surface area contributed by atoms with E-state index in [0.717, 1.165) is 59.8 Å². The van der Waals surface area contributed by atoms with Gasteiger partial charge >= 0.3 is 6.03 Å². The third-order valence-electron chi connectivity index (χ3n) is 9.65. The predicted octanol–water partition coefficient (Wildman–Crippen LogP) is 8.77. The molecule has 2 fully saturated rings. The van der Waals surface area contributed by atoms with Crippen LogP contribution >= 0.6 is 23.2 Å². The van der Waals surface area contributed by atoms with Crippen molar-refractivity contribution in [1.29, 1.82) is 0 Å². The molecule has 0 unspecified atom stereocenters. The Morgan fingerprint density at radius 3 is 1.55 bits per heavy atom. The lowest BCUT2D eigenvalue weighted by atomic mass is 10.0. The minimum absolute atomic E-state index is 0. The summed E-state index contributed by atoms with van der Waals surface area (Å²) in [7, 11) is 4.18. The first-order chi connectivity index (χ1) is 28.8. The first kappa shape index (κ1) is 49.0. The summed E-state index contributed by atoms with van der Waals surface area (Å²) < 4.78 is 26.6. The molecule has 62 heavy (non-hydrogen) atoms. The lowest BCUT2D eigenvalue weighted by molar-refractivity contribution is 0.164. The SMILES string of the molecule is C.C.CN1CCNCC1.Cc1cc(-c2cnc(N)nc2-c2ccc(F)cc2)cc(Cl)n1.Cc1cc(-c2cnc(NC(=O)N3CCN(C)CC3)nc2-c2ccc(F)cc2)cc(Cl)n1. The average Bonchev–Trinajstić information content (AvgIpc) is 3.22. The molecule has 328 valence electrons. The summed E-state index contributed by atoms with van der Waals surface area (Å²) in [5.41, 5.74) is 12.9. The number of nitrogens with zero attached hydrogens (tertiary/aromatic N) is 9. The number of piperazine rings is 2. The van der Waals surface area contributed by atoms with Crippen LogP contribution in [0.1, 0.15) is 26.2 Å². The van der Waals surface area contributed by atoms with Crippen LogP contribution in [0.3, 0.4) is 0 Å². The summed E-state index contributed by atoms with van der Waals surface area (Å²) >= 11 is 12.2. The molecule has 0 bridgehead atoms. The fraction of sp³-hybridized carbons (Fsp3) is 0.311. The van der Waals surface area contributed by atoms with Crippen molar-refractivity contribution in [3.8, 4) is 44.8 Å². The van der Waals surface area contributed by atoms with Gasteiger partial charge < -0.3 is 25.8 Å². The van der Waals surface area contributed by atoms with Crippen LogP contribution in [0.15, 0.2) is 85.2 Å². The molecule has 0 aliphatic carbocycles. The molecule has 0 atom stereocenters. The van der Waals surface area contributed by atoms with Gasteiger partial charge in [-0.05, 0) is 112 Å². The summed E-state index contributed by atoms with van der Waals surface area (Å²) in [6.07, 6.45) is 3.27. The molecule has 0 radical (unpaired) electrons. The second-order valence-corrected chi connectivity index (χ2v) is 15.1. The molecule has 6 heterocycles. The Kier molecular flexibility index (Phi) is 18.1. The van der Waals surface area contributed by atoms with Gasteiger partial charge in [0.1, 0.15) is 21.9 Å². The zero-order valence-electron chi connectivity index (χ0n) is 33.8. The van der Waals surface area contributed by atoms with Crippen molar-refractivity contribution in [3.63, 3.8) is 0 Å². The minimum Gasteiger partial charge on any atom is -0.368 e. The number of likely N-dealkylation sites (N-methyl/N-ethyl adjacent to an activating group) is 2. The second-order valence-electron chi connectivity index (χ2n) is 14.4. The van der Waals surface area contributed by atoms with E-state index in [-0.39, 0.29) is 44.4 Å². The topological polar surface area (TPSA) is 154 Å². The predicted molar refractivity (Wildman–Crippen MR) is 247 cm³/mol. The molecule has 2 aliphatic rings. The van der Waals surface area contributed by atoms with E-state index in [4.69, 9.17) is 28.9 Å². The Bertz CT molecular complexity index is 2350. The third-order valence-corrected chi connectivity index (χ3v) is 10.0. The normalized spacial score (nSPS) is 13.9. The van der Waals surface area contributed by atoms with Crippen LogP contribution in [-0.4, -0.2) is 117 Å². The lowest BCUT2D eigenvalue weighted by Gasteiger charge is -2.32. The third kappa shape index (κ3) is 13.6. The molecule has 2 aliphatic heterocycles. The second kappa shape index (κ2) is 22.9. The number of halogens is 4. The highest BCUT2D eigenvalue weighted by Gasteiger charge is 2.21. The van der Waals surface area contributed by atoms with Crippen molar-refractivity contribution in [1.82, 2.24) is 49.9 Å². The molecular weight excluding hydrogens is 833 g/mol. The van der Waals surface area contributed by atoms with E-state index in [0.29, 0.717) is 45.9 Å². The van der Waals surface area contributed by atoms with Crippen molar-refractivity contribution >= 4 is 41.1 Å². The highest BCUT2D eigenvalue weighted by Crippen LogP contribution is 2.34. The van der Waals surface area contributed by atoms with Crippen LogP contribution in [0.4, 0.5) is 25.5 Å². The smallest absolute Gasteiger partial charge is 0.324 e. The molecule has 0 spiro atoms. The number of carbonyl (C=O) groups is 1. The molecule has 2 aromatic carbocycles. The van der Waals surface area contributed by atoms with Crippen LogP contribution < -0.4 is 16.4 Å². The van der Waals surface area contributed by atoms with Crippen molar-refractivity contribution in [2.24, 2.45) is 0 Å². The number of nitrogen functional groups attached to an aromatic ring is 1. The number of rotatable bonds is 5. The van der Waals surface area contributed by atoms with Gasteiger partial charge in [0.2, 0.25) is 11.9 Å². The van der Waals surface area contributed by atoms with E-state index in [1.54, 1.807) is 53.7 Å². The van der Waals surface area contributed by atoms with Crippen molar-refractivity contribution < 1.29 is 13.6 Å². The van der Waals surface area contributed by atoms with Crippen LogP contribution in [0.5, 0.6) is 0 Å². The number of nitrogens with one attached hydrogen (secondary N) is 2. The number of urea groups is 1. The summed E-state index contributed by atoms with van der Waals surface area (Å²) in [6.45, 7) is 11.4. The van der Waals surface area contributed by atoms with E-state index in [9.17, 15) is 13.6 Å². The fourth-order valence-corrected chi connectivity index (χ4v) is 6.95. The number of carbonyl (C=O) groups excluding carboxylic acids is 1. The van der Waals surface area contributed by atoms with Gasteiger partial charge in [-0.2, -0.15) is 0 Å². The fourth-order valence-electron chi connectivity index (χ4n) is 6.44. The number of pyridine rings is 2. The van der Waals surface area contributed by atoms with Crippen molar-refractivity contribution in [2.45, 2.75) is 28.7 Å². The maximum absolute atomic E-state index is 13.5. The molecule has 2 saturated heterocycles. The maximum atomic E-state index is 13.5. The van der Waals surface area contributed by atoms with Crippen LogP contribution in [0, 0.1) is 25.5 Å². The van der Waals surface area contributed by atoms with Crippen molar-refractivity contribution in [2.75, 3.05) is 77.5 Å².